The number of amides is 2. The molecule has 0 bridgehead atoms. The van der Waals surface area contributed by atoms with Crippen LogP contribution in [0, 0.1) is 5.92 Å². The Morgan fingerprint density at radius 1 is 1.12 bits per heavy atom. The van der Waals surface area contributed by atoms with Gasteiger partial charge in [0.2, 0.25) is 0 Å². The molecule has 2 N–H and O–H groups in total. The molecule has 1 saturated heterocycles. The number of urea groups is 1. The first-order chi connectivity index (χ1) is 11.7. The van der Waals surface area contributed by atoms with Crippen LogP contribution < -0.4 is 10.6 Å². The first-order valence-corrected chi connectivity index (χ1v) is 9.30. The third-order valence-corrected chi connectivity index (χ3v) is 4.79. The van der Waals surface area contributed by atoms with Gasteiger partial charge in [-0.2, -0.15) is 0 Å². The van der Waals surface area contributed by atoms with E-state index in [1.165, 1.54) is 5.56 Å². The van der Waals surface area contributed by atoms with E-state index in [0.29, 0.717) is 12.5 Å². The third-order valence-electron chi connectivity index (χ3n) is 4.79. The van der Waals surface area contributed by atoms with Crippen LogP contribution in [0.2, 0.25) is 0 Å². The summed E-state index contributed by atoms with van der Waals surface area (Å²) in [6, 6.07) is 7.95. The van der Waals surface area contributed by atoms with Gasteiger partial charge < -0.3 is 20.4 Å². The van der Waals surface area contributed by atoms with E-state index in [1.54, 1.807) is 0 Å². The Morgan fingerprint density at radius 2 is 1.72 bits per heavy atom. The molecule has 0 aliphatic carbocycles. The van der Waals surface area contributed by atoms with Gasteiger partial charge >= 0.3 is 6.03 Å². The zero-order valence-electron chi connectivity index (χ0n) is 16.4. The summed E-state index contributed by atoms with van der Waals surface area (Å²) >= 11 is 0. The average molecular weight is 347 g/mol. The van der Waals surface area contributed by atoms with Gasteiger partial charge in [0.15, 0.2) is 0 Å². The van der Waals surface area contributed by atoms with Crippen molar-refractivity contribution in [1.29, 1.82) is 0 Å². The van der Waals surface area contributed by atoms with Crippen molar-refractivity contribution in [2.75, 3.05) is 51.6 Å². The highest BCUT2D eigenvalue weighted by molar-refractivity contribution is 5.89. The molecule has 1 aliphatic rings. The van der Waals surface area contributed by atoms with Crippen LogP contribution >= 0.6 is 0 Å². The fourth-order valence-corrected chi connectivity index (χ4v) is 3.03. The molecule has 1 atom stereocenters. The molecule has 2 amide bonds. The summed E-state index contributed by atoms with van der Waals surface area (Å²) in [7, 11) is 2.17. The molecule has 1 heterocycles. The van der Waals surface area contributed by atoms with Crippen molar-refractivity contribution in [3.8, 4) is 0 Å². The van der Waals surface area contributed by atoms with Gasteiger partial charge in [-0.3, -0.25) is 0 Å². The largest absolute Gasteiger partial charge is 0.338 e. The van der Waals surface area contributed by atoms with Crippen LogP contribution in [-0.2, 0) is 5.41 Å². The second kappa shape index (κ2) is 8.68. The fraction of sp³-hybridized carbons (Fsp3) is 0.650. The van der Waals surface area contributed by atoms with Crippen molar-refractivity contribution in [2.45, 2.75) is 33.1 Å². The summed E-state index contributed by atoms with van der Waals surface area (Å²) in [5.41, 5.74) is 2.22. The van der Waals surface area contributed by atoms with Crippen LogP contribution in [-0.4, -0.2) is 62.1 Å². The summed E-state index contributed by atoms with van der Waals surface area (Å²) in [4.78, 5) is 16.9. The van der Waals surface area contributed by atoms with E-state index in [9.17, 15) is 4.79 Å². The van der Waals surface area contributed by atoms with E-state index in [-0.39, 0.29) is 11.4 Å². The molecule has 0 radical (unpaired) electrons. The number of nitrogens with one attached hydrogen (secondary N) is 2. The Bertz CT molecular complexity index is 542. The van der Waals surface area contributed by atoms with Crippen LogP contribution in [0.15, 0.2) is 24.3 Å². The second-order valence-electron chi connectivity index (χ2n) is 8.37. The summed E-state index contributed by atoms with van der Waals surface area (Å²) in [6.45, 7) is 15.0. The van der Waals surface area contributed by atoms with Crippen molar-refractivity contribution in [3.63, 3.8) is 0 Å². The van der Waals surface area contributed by atoms with Crippen molar-refractivity contribution in [1.82, 2.24) is 15.1 Å². The van der Waals surface area contributed by atoms with Crippen LogP contribution in [0.25, 0.3) is 0 Å². The Balaban J connectivity index is 1.71. The molecule has 1 fully saturated rings. The van der Waals surface area contributed by atoms with Gasteiger partial charge in [-0.25, -0.2) is 4.79 Å². The minimum absolute atomic E-state index is 0.124. The normalized spacial score (nSPS) is 18.0. The van der Waals surface area contributed by atoms with E-state index in [1.807, 2.05) is 12.1 Å². The van der Waals surface area contributed by atoms with Crippen LogP contribution in [0.4, 0.5) is 10.5 Å². The molecule has 0 aromatic heterocycles. The standard InChI is InChI=1S/C20H34N4O/c1-16(15-24-12-10-23(5)11-13-24)14-21-19(25)22-18-8-6-17(7-9-18)20(2,3)4/h6-9,16H,10-15H2,1-5H3,(H2,21,22,25). The number of carbonyl (C=O) groups is 1. The molecule has 1 unspecified atom stereocenters. The van der Waals surface area contributed by atoms with Gasteiger partial charge in [-0.05, 0) is 36.1 Å². The van der Waals surface area contributed by atoms with Crippen molar-refractivity contribution < 1.29 is 4.79 Å². The molecule has 140 valence electrons. The van der Waals surface area contributed by atoms with Crippen LogP contribution in [0.5, 0.6) is 0 Å². The Kier molecular flexibility index (Phi) is 6.85. The van der Waals surface area contributed by atoms with Crippen molar-refractivity contribution in [2.24, 2.45) is 5.92 Å². The maximum atomic E-state index is 12.1. The zero-order valence-corrected chi connectivity index (χ0v) is 16.4. The van der Waals surface area contributed by atoms with Gasteiger partial charge in [0.05, 0.1) is 0 Å². The highest BCUT2D eigenvalue weighted by Crippen LogP contribution is 2.23. The molecule has 0 saturated carbocycles. The summed E-state index contributed by atoms with van der Waals surface area (Å²) < 4.78 is 0. The highest BCUT2D eigenvalue weighted by atomic mass is 16.2. The first kappa shape index (κ1) is 19.7. The van der Waals surface area contributed by atoms with Crippen molar-refractivity contribution >= 4 is 11.7 Å². The number of anilines is 1. The van der Waals surface area contributed by atoms with E-state index in [4.69, 9.17) is 0 Å². The monoisotopic (exact) mass is 346 g/mol. The SMILES string of the molecule is CC(CNC(=O)Nc1ccc(C(C)(C)C)cc1)CN1CCN(C)CC1. The molecule has 2 rings (SSSR count). The minimum Gasteiger partial charge on any atom is -0.338 e. The molecule has 1 aliphatic heterocycles. The number of piperazine rings is 1. The predicted molar refractivity (Wildman–Crippen MR) is 105 cm³/mol. The maximum absolute atomic E-state index is 12.1. The molecule has 5 nitrogen and oxygen atoms in total. The lowest BCUT2D eigenvalue weighted by Crippen LogP contribution is -2.47. The summed E-state index contributed by atoms with van der Waals surface area (Å²) in [5, 5.41) is 5.90. The van der Waals surface area contributed by atoms with Crippen LogP contribution in [0.3, 0.4) is 0 Å². The fourth-order valence-electron chi connectivity index (χ4n) is 3.03. The number of rotatable bonds is 5. The van der Waals surface area contributed by atoms with Crippen LogP contribution in [0.1, 0.15) is 33.3 Å². The summed E-state index contributed by atoms with van der Waals surface area (Å²) in [6.07, 6.45) is 0. The predicted octanol–water partition coefficient (Wildman–Crippen LogP) is 2.99. The Hall–Kier alpha value is -1.59. The van der Waals surface area contributed by atoms with Gasteiger partial charge in [0.1, 0.15) is 0 Å². The van der Waals surface area contributed by atoms with E-state index < -0.39 is 0 Å². The topological polar surface area (TPSA) is 47.6 Å². The number of benzene rings is 1. The number of hydrogen-bond acceptors (Lipinski definition) is 3. The van der Waals surface area contributed by atoms with Gasteiger partial charge in [0, 0.05) is 45.0 Å². The highest BCUT2D eigenvalue weighted by Gasteiger charge is 2.17. The lowest BCUT2D eigenvalue weighted by molar-refractivity contribution is 0.138. The average Bonchev–Trinajstić information content (AvgIpc) is 2.55. The molecule has 1 aromatic carbocycles. The second-order valence-corrected chi connectivity index (χ2v) is 8.37. The molecular formula is C20H34N4O. The smallest absolute Gasteiger partial charge is 0.319 e. The number of carbonyl (C=O) groups excluding carboxylic acids is 1. The quantitative estimate of drug-likeness (QED) is 0.862. The first-order valence-electron chi connectivity index (χ1n) is 9.30. The van der Waals surface area contributed by atoms with E-state index >= 15 is 0 Å². The van der Waals surface area contributed by atoms with Gasteiger partial charge in [0.25, 0.3) is 0 Å². The van der Waals surface area contributed by atoms with E-state index in [0.717, 1.165) is 38.4 Å². The lowest BCUT2D eigenvalue weighted by Gasteiger charge is -2.33. The van der Waals surface area contributed by atoms with Gasteiger partial charge in [-0.1, -0.05) is 39.8 Å². The maximum Gasteiger partial charge on any atom is 0.319 e. The molecule has 1 aromatic rings. The molecule has 25 heavy (non-hydrogen) atoms. The summed E-state index contributed by atoms with van der Waals surface area (Å²) in [5.74, 6) is 0.442. The van der Waals surface area contributed by atoms with Crippen molar-refractivity contribution in [3.05, 3.63) is 29.8 Å². The Morgan fingerprint density at radius 3 is 2.28 bits per heavy atom. The lowest BCUT2D eigenvalue weighted by atomic mass is 9.87. The molecular weight excluding hydrogens is 312 g/mol. The Labute approximate surface area is 152 Å². The van der Waals surface area contributed by atoms with E-state index in [2.05, 4.69) is 67.3 Å². The molecule has 0 spiro atoms. The number of hydrogen-bond donors (Lipinski definition) is 2. The zero-order chi connectivity index (χ0) is 18.4. The number of nitrogens with zero attached hydrogens (tertiary/aromatic N) is 2. The van der Waals surface area contributed by atoms with Gasteiger partial charge in [-0.15, -0.1) is 0 Å². The number of likely N-dealkylation sites (N-methyl/N-ethyl adjacent to an activating group) is 1. The third kappa shape index (κ3) is 6.67. The molecule has 5 heteroatoms. The minimum atomic E-state index is -0.131.